The lowest BCUT2D eigenvalue weighted by molar-refractivity contribution is -0.115. The van der Waals surface area contributed by atoms with Gasteiger partial charge in [0.25, 0.3) is 0 Å². The lowest BCUT2D eigenvalue weighted by Crippen LogP contribution is -2.37. The van der Waals surface area contributed by atoms with Gasteiger partial charge in [0.1, 0.15) is 5.82 Å². The van der Waals surface area contributed by atoms with Gasteiger partial charge in [-0.25, -0.2) is 17.5 Å². The molecule has 2 aromatic rings. The van der Waals surface area contributed by atoms with Crippen molar-refractivity contribution in [1.29, 1.82) is 0 Å². The molecule has 1 aliphatic heterocycles. The van der Waals surface area contributed by atoms with Gasteiger partial charge in [-0.3, -0.25) is 4.79 Å². The van der Waals surface area contributed by atoms with Gasteiger partial charge in [-0.2, -0.15) is 0 Å². The summed E-state index contributed by atoms with van der Waals surface area (Å²) in [7, 11) is -3.76. The van der Waals surface area contributed by atoms with E-state index in [4.69, 9.17) is 0 Å². The molecule has 3 rings (SSSR count). The summed E-state index contributed by atoms with van der Waals surface area (Å²) in [6.45, 7) is 3.60. The third-order valence-corrected chi connectivity index (χ3v) is 5.72. The molecule has 0 radical (unpaired) electrons. The number of nitrogens with one attached hydrogen (secondary N) is 2. The Hall–Kier alpha value is -2.25. The van der Waals surface area contributed by atoms with Crippen LogP contribution in [0.2, 0.25) is 0 Å². The molecule has 25 heavy (non-hydrogen) atoms. The SMILES string of the molecule is CC(C)(CNS(=O)(=O)c1ccc2c(c1)CC(=O)N2)c1ccccc1F. The van der Waals surface area contributed by atoms with Crippen molar-refractivity contribution in [1.82, 2.24) is 4.72 Å². The van der Waals surface area contributed by atoms with E-state index >= 15 is 0 Å². The van der Waals surface area contributed by atoms with E-state index in [0.717, 1.165) is 0 Å². The largest absolute Gasteiger partial charge is 0.326 e. The molecular weight excluding hydrogens is 343 g/mol. The molecular formula is C18H19FN2O3S. The van der Waals surface area contributed by atoms with Gasteiger partial charge >= 0.3 is 0 Å². The first-order valence-electron chi connectivity index (χ1n) is 7.86. The minimum atomic E-state index is -3.76. The second-order valence-corrected chi connectivity index (χ2v) is 8.50. The molecule has 0 saturated carbocycles. The zero-order chi connectivity index (χ0) is 18.2. The smallest absolute Gasteiger partial charge is 0.240 e. The van der Waals surface area contributed by atoms with E-state index in [0.29, 0.717) is 16.8 Å². The van der Waals surface area contributed by atoms with Gasteiger partial charge in [0, 0.05) is 17.6 Å². The maximum atomic E-state index is 14.0. The summed E-state index contributed by atoms with van der Waals surface area (Å²) in [6, 6.07) is 10.8. The molecule has 0 fully saturated rings. The summed E-state index contributed by atoms with van der Waals surface area (Å²) in [4.78, 5) is 11.5. The summed E-state index contributed by atoms with van der Waals surface area (Å²) in [6.07, 6.45) is 0.166. The van der Waals surface area contributed by atoms with E-state index in [1.54, 1.807) is 38.1 Å². The van der Waals surface area contributed by atoms with Crippen LogP contribution in [0.15, 0.2) is 47.4 Å². The zero-order valence-corrected chi connectivity index (χ0v) is 14.8. The highest BCUT2D eigenvalue weighted by Crippen LogP contribution is 2.27. The van der Waals surface area contributed by atoms with E-state index < -0.39 is 15.4 Å². The predicted molar refractivity (Wildman–Crippen MR) is 93.4 cm³/mol. The Bertz CT molecular complexity index is 939. The molecule has 0 atom stereocenters. The van der Waals surface area contributed by atoms with Crippen LogP contribution < -0.4 is 10.0 Å². The number of carbonyl (C=O) groups is 1. The summed E-state index contributed by atoms with van der Waals surface area (Å²) < 4.78 is 41.7. The topological polar surface area (TPSA) is 75.3 Å². The van der Waals surface area contributed by atoms with Crippen molar-refractivity contribution in [2.45, 2.75) is 30.6 Å². The minimum Gasteiger partial charge on any atom is -0.326 e. The highest BCUT2D eigenvalue weighted by molar-refractivity contribution is 7.89. The van der Waals surface area contributed by atoms with Crippen molar-refractivity contribution in [3.63, 3.8) is 0 Å². The van der Waals surface area contributed by atoms with Crippen LogP contribution in [0.4, 0.5) is 10.1 Å². The van der Waals surface area contributed by atoms with E-state index in [9.17, 15) is 17.6 Å². The van der Waals surface area contributed by atoms with Gasteiger partial charge < -0.3 is 5.32 Å². The van der Waals surface area contributed by atoms with Crippen LogP contribution in [0, 0.1) is 5.82 Å². The molecule has 0 spiro atoms. The Labute approximate surface area is 146 Å². The fraction of sp³-hybridized carbons (Fsp3) is 0.278. The molecule has 2 N–H and O–H groups in total. The number of fused-ring (bicyclic) bond motifs is 1. The summed E-state index contributed by atoms with van der Waals surface area (Å²) in [5.74, 6) is -0.521. The van der Waals surface area contributed by atoms with Gasteiger partial charge in [0.15, 0.2) is 0 Å². The van der Waals surface area contributed by atoms with Gasteiger partial charge in [0.2, 0.25) is 15.9 Å². The lowest BCUT2D eigenvalue weighted by Gasteiger charge is -2.26. The summed E-state index contributed by atoms with van der Waals surface area (Å²) >= 11 is 0. The van der Waals surface area contributed by atoms with Crippen LogP contribution in [0.1, 0.15) is 25.0 Å². The molecule has 5 nitrogen and oxygen atoms in total. The normalized spacial score (nSPS) is 14.3. The Morgan fingerprint density at radius 3 is 2.64 bits per heavy atom. The maximum Gasteiger partial charge on any atom is 0.240 e. The molecule has 0 aliphatic carbocycles. The average molecular weight is 362 g/mol. The van der Waals surface area contributed by atoms with Crippen LogP contribution >= 0.6 is 0 Å². The zero-order valence-electron chi connectivity index (χ0n) is 14.0. The Kier molecular flexibility index (Phi) is 4.38. The molecule has 1 heterocycles. The van der Waals surface area contributed by atoms with Crippen molar-refractivity contribution in [3.8, 4) is 0 Å². The molecule has 7 heteroatoms. The van der Waals surface area contributed by atoms with Gasteiger partial charge in [-0.05, 0) is 35.4 Å². The maximum absolute atomic E-state index is 14.0. The first-order chi connectivity index (χ1) is 11.7. The second-order valence-electron chi connectivity index (χ2n) is 6.73. The van der Waals surface area contributed by atoms with Crippen molar-refractivity contribution < 1.29 is 17.6 Å². The minimum absolute atomic E-state index is 0.0462. The molecule has 0 saturated heterocycles. The number of rotatable bonds is 5. The molecule has 1 aliphatic rings. The van der Waals surface area contributed by atoms with E-state index in [1.165, 1.54) is 18.2 Å². The quantitative estimate of drug-likeness (QED) is 0.858. The predicted octanol–water partition coefficient (Wildman–Crippen LogP) is 2.58. The molecule has 0 bridgehead atoms. The highest BCUT2D eigenvalue weighted by Gasteiger charge is 2.27. The molecule has 0 aromatic heterocycles. The van der Waals surface area contributed by atoms with E-state index in [-0.39, 0.29) is 29.6 Å². The Balaban J connectivity index is 1.80. The third kappa shape index (κ3) is 3.57. The number of amides is 1. The van der Waals surface area contributed by atoms with E-state index in [1.807, 2.05) is 0 Å². The Morgan fingerprint density at radius 2 is 1.92 bits per heavy atom. The van der Waals surface area contributed by atoms with Crippen molar-refractivity contribution in [3.05, 3.63) is 59.4 Å². The fourth-order valence-corrected chi connectivity index (χ4v) is 4.10. The van der Waals surface area contributed by atoms with Crippen molar-refractivity contribution >= 4 is 21.6 Å². The molecule has 132 valence electrons. The van der Waals surface area contributed by atoms with Crippen LogP contribution in [-0.2, 0) is 26.7 Å². The number of halogens is 1. The second kappa shape index (κ2) is 6.24. The average Bonchev–Trinajstić information content (AvgIpc) is 2.92. The van der Waals surface area contributed by atoms with Crippen LogP contribution in [0.3, 0.4) is 0 Å². The number of sulfonamides is 1. The summed E-state index contributed by atoms with van der Waals surface area (Å²) in [5, 5.41) is 2.66. The standard InChI is InChI=1S/C18H19FN2O3S/c1-18(2,14-5-3-4-6-15(14)19)11-20-25(23,24)13-7-8-16-12(9-13)10-17(22)21-16/h3-9,20H,10-11H2,1-2H3,(H,21,22). The first-order valence-corrected chi connectivity index (χ1v) is 9.35. The molecule has 1 amide bonds. The van der Waals surface area contributed by atoms with E-state index in [2.05, 4.69) is 10.0 Å². The number of carbonyl (C=O) groups excluding carboxylic acids is 1. The number of hydrogen-bond acceptors (Lipinski definition) is 3. The van der Waals surface area contributed by atoms with Gasteiger partial charge in [-0.1, -0.05) is 32.0 Å². The fourth-order valence-electron chi connectivity index (χ4n) is 2.84. The van der Waals surface area contributed by atoms with Crippen LogP contribution in [0.5, 0.6) is 0 Å². The molecule has 2 aromatic carbocycles. The Morgan fingerprint density at radius 1 is 1.20 bits per heavy atom. The third-order valence-electron chi connectivity index (χ3n) is 4.32. The van der Waals surface area contributed by atoms with Gasteiger partial charge in [-0.15, -0.1) is 0 Å². The summed E-state index contributed by atoms with van der Waals surface area (Å²) in [5.41, 5.74) is 1.02. The number of hydrogen-bond donors (Lipinski definition) is 2. The monoisotopic (exact) mass is 362 g/mol. The van der Waals surface area contributed by atoms with Crippen LogP contribution in [-0.4, -0.2) is 20.9 Å². The molecule has 0 unspecified atom stereocenters. The first kappa shape index (κ1) is 17.6. The lowest BCUT2D eigenvalue weighted by atomic mass is 9.84. The number of anilines is 1. The van der Waals surface area contributed by atoms with Crippen LogP contribution in [0.25, 0.3) is 0 Å². The van der Waals surface area contributed by atoms with Crippen molar-refractivity contribution in [2.24, 2.45) is 0 Å². The number of benzene rings is 2. The highest BCUT2D eigenvalue weighted by atomic mass is 32.2. The van der Waals surface area contributed by atoms with Crippen molar-refractivity contribution in [2.75, 3.05) is 11.9 Å². The van der Waals surface area contributed by atoms with Gasteiger partial charge in [0.05, 0.1) is 11.3 Å².